The van der Waals surface area contributed by atoms with Crippen LogP contribution >= 0.6 is 22.9 Å². The Labute approximate surface area is 171 Å². The van der Waals surface area contributed by atoms with E-state index in [9.17, 15) is 5.11 Å². The van der Waals surface area contributed by atoms with E-state index in [-0.39, 0.29) is 11.8 Å². The lowest BCUT2D eigenvalue weighted by Gasteiger charge is -2.38. The monoisotopic (exact) mass is 412 g/mol. The van der Waals surface area contributed by atoms with Crippen molar-refractivity contribution in [1.82, 2.24) is 5.01 Å². The number of phenolic OH excluding ortho intramolecular Hbond substituents is 1. The highest BCUT2D eigenvalue weighted by Crippen LogP contribution is 2.50. The first kappa shape index (κ1) is 17.4. The van der Waals surface area contributed by atoms with Crippen LogP contribution in [0.5, 0.6) is 17.2 Å². The Morgan fingerprint density at radius 2 is 2.07 bits per heavy atom. The van der Waals surface area contributed by atoms with Crippen LogP contribution in [0.2, 0.25) is 5.02 Å². The van der Waals surface area contributed by atoms with E-state index in [2.05, 4.69) is 12.1 Å². The highest BCUT2D eigenvalue weighted by atomic mass is 35.5. The van der Waals surface area contributed by atoms with Crippen LogP contribution < -0.4 is 9.47 Å². The fourth-order valence-corrected chi connectivity index (χ4v) is 4.71. The minimum atomic E-state index is -0.607. The van der Waals surface area contributed by atoms with Crippen LogP contribution in [0.3, 0.4) is 0 Å². The largest absolute Gasteiger partial charge is 0.504 e. The summed E-state index contributed by atoms with van der Waals surface area (Å²) in [5.41, 5.74) is 2.63. The fraction of sp³-hybridized carbons (Fsp3) is 0.190. The van der Waals surface area contributed by atoms with Crippen LogP contribution in [0.1, 0.15) is 34.7 Å². The van der Waals surface area contributed by atoms with E-state index >= 15 is 0 Å². The number of fused-ring (bicyclic) bond motifs is 3. The molecule has 3 aromatic rings. The molecule has 2 atom stereocenters. The standard InChI is InChI=1S/C21H17ClN2O3S/c1-26-18-10-12(22)9-14(20(18)25)21-24-16(13-5-2-3-6-17(13)27-21)11-15(23-24)19-7-4-8-28-19/h2-10,16,21,25H,11H2,1H3. The minimum absolute atomic E-state index is 0.00908. The predicted octanol–water partition coefficient (Wildman–Crippen LogP) is 5.36. The van der Waals surface area contributed by atoms with Crippen LogP contribution in [-0.2, 0) is 0 Å². The third-order valence-electron chi connectivity index (χ3n) is 5.06. The molecule has 0 saturated carbocycles. The van der Waals surface area contributed by atoms with Crippen molar-refractivity contribution in [2.24, 2.45) is 5.10 Å². The molecule has 2 aliphatic rings. The lowest BCUT2D eigenvalue weighted by atomic mass is 9.97. The van der Waals surface area contributed by atoms with E-state index in [4.69, 9.17) is 26.2 Å². The van der Waals surface area contributed by atoms with Crippen molar-refractivity contribution in [3.63, 3.8) is 0 Å². The molecule has 0 amide bonds. The van der Waals surface area contributed by atoms with Crippen molar-refractivity contribution in [3.8, 4) is 17.2 Å². The van der Waals surface area contributed by atoms with Gasteiger partial charge in [-0.3, -0.25) is 0 Å². The van der Waals surface area contributed by atoms with E-state index in [0.29, 0.717) is 16.3 Å². The van der Waals surface area contributed by atoms with Crippen molar-refractivity contribution >= 4 is 28.6 Å². The van der Waals surface area contributed by atoms with Gasteiger partial charge in [-0.05, 0) is 23.6 Å². The molecule has 0 spiro atoms. The lowest BCUT2D eigenvalue weighted by Crippen LogP contribution is -2.33. The zero-order chi connectivity index (χ0) is 19.3. The molecule has 5 nitrogen and oxygen atoms in total. The molecule has 5 rings (SSSR count). The van der Waals surface area contributed by atoms with Gasteiger partial charge in [0.05, 0.1) is 29.3 Å². The van der Waals surface area contributed by atoms with Crippen molar-refractivity contribution < 1.29 is 14.6 Å². The molecule has 142 valence electrons. The summed E-state index contributed by atoms with van der Waals surface area (Å²) in [7, 11) is 1.50. The maximum atomic E-state index is 10.7. The molecule has 7 heteroatoms. The minimum Gasteiger partial charge on any atom is -0.504 e. The number of ether oxygens (including phenoxy) is 2. The highest BCUT2D eigenvalue weighted by Gasteiger charge is 2.42. The Hall–Kier alpha value is -2.70. The second-order valence-corrected chi connectivity index (χ2v) is 8.06. The van der Waals surface area contributed by atoms with Gasteiger partial charge in [-0.15, -0.1) is 11.3 Å². The van der Waals surface area contributed by atoms with Crippen LogP contribution in [0.15, 0.2) is 59.0 Å². The van der Waals surface area contributed by atoms with Crippen molar-refractivity contribution in [3.05, 3.63) is 74.9 Å². The number of para-hydroxylation sites is 1. The normalized spacial score (nSPS) is 20.2. The van der Waals surface area contributed by atoms with Crippen LogP contribution in [0, 0.1) is 0 Å². The van der Waals surface area contributed by atoms with Gasteiger partial charge < -0.3 is 14.6 Å². The van der Waals surface area contributed by atoms with Gasteiger partial charge in [-0.25, -0.2) is 5.01 Å². The number of hydrazone groups is 1. The average Bonchev–Trinajstić information content (AvgIpc) is 3.38. The number of hydrogen-bond donors (Lipinski definition) is 1. The Morgan fingerprint density at radius 3 is 2.86 bits per heavy atom. The van der Waals surface area contributed by atoms with Crippen molar-refractivity contribution in [1.29, 1.82) is 0 Å². The molecule has 2 aromatic carbocycles. The molecule has 1 aromatic heterocycles. The molecule has 3 heterocycles. The first-order valence-corrected chi connectivity index (χ1v) is 10.1. The van der Waals surface area contributed by atoms with Gasteiger partial charge in [0.2, 0.25) is 6.23 Å². The number of thiophene rings is 1. The summed E-state index contributed by atoms with van der Waals surface area (Å²) in [6, 6.07) is 15.4. The summed E-state index contributed by atoms with van der Waals surface area (Å²) in [6.07, 6.45) is 0.167. The Balaban J connectivity index is 1.65. The van der Waals surface area contributed by atoms with Gasteiger partial charge in [0.15, 0.2) is 11.5 Å². The smallest absolute Gasteiger partial charge is 0.217 e. The van der Waals surface area contributed by atoms with Crippen LogP contribution in [-0.4, -0.2) is 22.9 Å². The van der Waals surface area contributed by atoms with E-state index in [0.717, 1.165) is 28.3 Å². The first-order valence-electron chi connectivity index (χ1n) is 8.87. The third kappa shape index (κ3) is 2.72. The maximum absolute atomic E-state index is 10.7. The summed E-state index contributed by atoms with van der Waals surface area (Å²) < 4.78 is 11.6. The molecule has 0 fully saturated rings. The summed E-state index contributed by atoms with van der Waals surface area (Å²) >= 11 is 7.94. The molecule has 0 bridgehead atoms. The number of nitrogens with zero attached hydrogens (tertiary/aromatic N) is 2. The summed E-state index contributed by atoms with van der Waals surface area (Å²) in [5.74, 6) is 1.10. The molecule has 1 N–H and O–H groups in total. The first-order chi connectivity index (χ1) is 13.7. The second kappa shape index (κ2) is 6.72. The zero-order valence-electron chi connectivity index (χ0n) is 15.0. The summed E-state index contributed by atoms with van der Waals surface area (Å²) in [5, 5.41) is 20.1. The van der Waals surface area contributed by atoms with Gasteiger partial charge >= 0.3 is 0 Å². The van der Waals surface area contributed by atoms with E-state index < -0.39 is 6.23 Å². The number of phenols is 1. The number of halogens is 1. The molecular formula is C21H17ClN2O3S. The Kier molecular flexibility index (Phi) is 4.18. The summed E-state index contributed by atoms with van der Waals surface area (Å²) in [4.78, 5) is 1.14. The molecule has 0 saturated heterocycles. The van der Waals surface area contributed by atoms with Gasteiger partial charge in [0.25, 0.3) is 0 Å². The Bertz CT molecular complexity index is 1070. The van der Waals surface area contributed by atoms with E-state index in [1.54, 1.807) is 23.5 Å². The van der Waals surface area contributed by atoms with Crippen LogP contribution in [0.25, 0.3) is 0 Å². The number of hydrogen-bond acceptors (Lipinski definition) is 6. The number of aromatic hydroxyl groups is 1. The van der Waals surface area contributed by atoms with Crippen molar-refractivity contribution in [2.45, 2.75) is 18.7 Å². The van der Waals surface area contributed by atoms with Gasteiger partial charge in [-0.1, -0.05) is 35.9 Å². The molecular weight excluding hydrogens is 396 g/mol. The SMILES string of the molecule is COc1cc(Cl)cc(C2Oc3ccccc3C3CC(c4cccs4)=NN32)c1O. The fourth-order valence-electron chi connectivity index (χ4n) is 3.77. The quantitative estimate of drug-likeness (QED) is 0.629. The molecule has 2 unspecified atom stereocenters. The van der Waals surface area contributed by atoms with E-state index in [1.807, 2.05) is 34.7 Å². The summed E-state index contributed by atoms with van der Waals surface area (Å²) in [6.45, 7) is 0. The molecule has 0 aliphatic carbocycles. The molecule has 2 aliphatic heterocycles. The van der Waals surface area contributed by atoms with Crippen LogP contribution in [0.4, 0.5) is 0 Å². The molecule has 0 radical (unpaired) electrons. The van der Waals surface area contributed by atoms with Gasteiger partial charge in [-0.2, -0.15) is 5.10 Å². The number of benzene rings is 2. The second-order valence-electron chi connectivity index (χ2n) is 6.68. The predicted molar refractivity (Wildman–Crippen MR) is 110 cm³/mol. The van der Waals surface area contributed by atoms with E-state index in [1.165, 1.54) is 7.11 Å². The lowest BCUT2D eigenvalue weighted by molar-refractivity contribution is -0.0204. The van der Waals surface area contributed by atoms with Gasteiger partial charge in [0, 0.05) is 23.1 Å². The maximum Gasteiger partial charge on any atom is 0.217 e. The highest BCUT2D eigenvalue weighted by molar-refractivity contribution is 7.12. The zero-order valence-corrected chi connectivity index (χ0v) is 16.6. The molecule has 28 heavy (non-hydrogen) atoms. The third-order valence-corrected chi connectivity index (χ3v) is 6.20. The Morgan fingerprint density at radius 1 is 1.21 bits per heavy atom. The van der Waals surface area contributed by atoms with Crippen molar-refractivity contribution in [2.75, 3.05) is 7.11 Å². The van der Waals surface area contributed by atoms with Gasteiger partial charge in [0.1, 0.15) is 5.75 Å². The average molecular weight is 413 g/mol. The topological polar surface area (TPSA) is 54.3 Å². The number of methoxy groups -OCH3 is 1. The number of rotatable bonds is 3.